The normalized spacial score (nSPS) is 14.4. The maximum Gasteiger partial charge on any atom is 0.363 e. The number of aliphatic imine (C=N–C) groups is 1. The molecule has 0 saturated heterocycles. The molecule has 0 radical (unpaired) electrons. The first-order valence-corrected chi connectivity index (χ1v) is 10.2. The number of esters is 1. The first kappa shape index (κ1) is 22.3. The molecular weight excluding hydrogens is 424 g/mol. The highest BCUT2D eigenvalue weighted by molar-refractivity contribution is 6.32. The van der Waals surface area contributed by atoms with E-state index < -0.39 is 10.9 Å². The summed E-state index contributed by atoms with van der Waals surface area (Å²) in [5.41, 5.74) is 0.720. The van der Waals surface area contributed by atoms with Crippen LogP contribution in [0.1, 0.15) is 37.8 Å². The lowest BCUT2D eigenvalue weighted by Crippen LogP contribution is -2.06. The van der Waals surface area contributed by atoms with Crippen molar-refractivity contribution in [1.29, 1.82) is 0 Å². The van der Waals surface area contributed by atoms with Crippen LogP contribution in [0.4, 0.5) is 5.69 Å². The molecule has 8 nitrogen and oxygen atoms in total. The number of rotatable bonds is 9. The zero-order chi connectivity index (χ0) is 22.4. The number of cyclic esters (lactones) is 1. The highest BCUT2D eigenvalue weighted by Gasteiger charge is 2.26. The third-order valence-corrected chi connectivity index (χ3v) is 4.66. The Morgan fingerprint density at radius 1 is 1.16 bits per heavy atom. The Labute approximate surface area is 184 Å². The van der Waals surface area contributed by atoms with Crippen LogP contribution < -0.4 is 9.47 Å². The van der Waals surface area contributed by atoms with E-state index >= 15 is 0 Å². The van der Waals surface area contributed by atoms with Crippen molar-refractivity contribution in [3.05, 3.63) is 68.4 Å². The summed E-state index contributed by atoms with van der Waals surface area (Å²) < 4.78 is 16.6. The van der Waals surface area contributed by atoms with Crippen LogP contribution in [0.25, 0.3) is 6.08 Å². The molecule has 1 aliphatic rings. The maximum absolute atomic E-state index is 12.3. The first-order chi connectivity index (χ1) is 14.9. The molecule has 2 aromatic carbocycles. The number of unbranched alkanes of at least 4 members (excludes halogenated alkanes) is 1. The van der Waals surface area contributed by atoms with Crippen LogP contribution in [-0.2, 0) is 9.53 Å². The number of nitro groups is 1. The second kappa shape index (κ2) is 10.1. The molecule has 1 heterocycles. The number of ether oxygens (including phenoxy) is 3. The van der Waals surface area contributed by atoms with Gasteiger partial charge in [-0.3, -0.25) is 10.1 Å². The molecule has 0 bridgehead atoms. The van der Waals surface area contributed by atoms with Crippen molar-refractivity contribution < 1.29 is 23.9 Å². The summed E-state index contributed by atoms with van der Waals surface area (Å²) in [6, 6.07) is 9.39. The molecule has 2 aromatic rings. The quantitative estimate of drug-likeness (QED) is 0.174. The van der Waals surface area contributed by atoms with Crippen molar-refractivity contribution in [3.63, 3.8) is 0 Å². The van der Waals surface area contributed by atoms with Gasteiger partial charge in [0.05, 0.1) is 18.1 Å². The van der Waals surface area contributed by atoms with E-state index in [1.54, 1.807) is 24.3 Å². The van der Waals surface area contributed by atoms with Crippen LogP contribution in [0.15, 0.2) is 47.1 Å². The highest BCUT2D eigenvalue weighted by Crippen LogP contribution is 2.31. The van der Waals surface area contributed by atoms with Gasteiger partial charge in [-0.05, 0) is 49.2 Å². The Morgan fingerprint density at radius 3 is 2.68 bits per heavy atom. The molecule has 162 valence electrons. The van der Waals surface area contributed by atoms with Crippen molar-refractivity contribution in [2.45, 2.75) is 26.7 Å². The van der Waals surface area contributed by atoms with Crippen molar-refractivity contribution in [2.75, 3.05) is 13.2 Å². The molecule has 0 aromatic heterocycles. The fraction of sp³-hybridized carbons (Fsp3) is 0.273. The smallest absolute Gasteiger partial charge is 0.363 e. The minimum Gasteiger partial charge on any atom is -0.490 e. The van der Waals surface area contributed by atoms with Gasteiger partial charge in [-0.25, -0.2) is 9.79 Å². The SMILES string of the molecule is CCCCOc1ccc(/C=C2\N=C(c3ccc(Cl)c([N+](=O)[O-])c3)OC2=O)cc1OCC. The van der Waals surface area contributed by atoms with Crippen LogP contribution in [0.2, 0.25) is 5.02 Å². The second-order valence-corrected chi connectivity index (χ2v) is 7.01. The number of hydrogen-bond acceptors (Lipinski definition) is 7. The first-order valence-electron chi connectivity index (χ1n) is 9.79. The fourth-order valence-electron chi connectivity index (χ4n) is 2.80. The largest absolute Gasteiger partial charge is 0.490 e. The third kappa shape index (κ3) is 5.40. The van der Waals surface area contributed by atoms with Gasteiger partial charge in [0.15, 0.2) is 17.2 Å². The van der Waals surface area contributed by atoms with Crippen molar-refractivity contribution in [2.24, 2.45) is 4.99 Å². The third-order valence-electron chi connectivity index (χ3n) is 4.34. The van der Waals surface area contributed by atoms with Gasteiger partial charge in [-0.1, -0.05) is 31.0 Å². The lowest BCUT2D eigenvalue weighted by molar-refractivity contribution is -0.384. The molecule has 0 unspecified atom stereocenters. The maximum atomic E-state index is 12.3. The Bertz CT molecular complexity index is 1060. The Balaban J connectivity index is 1.88. The van der Waals surface area contributed by atoms with E-state index in [1.807, 2.05) is 6.92 Å². The summed E-state index contributed by atoms with van der Waals surface area (Å²) in [6.45, 7) is 5.00. The summed E-state index contributed by atoms with van der Waals surface area (Å²) in [5.74, 6) is 0.510. The van der Waals surface area contributed by atoms with E-state index in [2.05, 4.69) is 11.9 Å². The van der Waals surface area contributed by atoms with E-state index in [9.17, 15) is 14.9 Å². The van der Waals surface area contributed by atoms with Crippen LogP contribution in [0, 0.1) is 10.1 Å². The van der Waals surface area contributed by atoms with Crippen LogP contribution >= 0.6 is 11.6 Å². The molecule has 31 heavy (non-hydrogen) atoms. The summed E-state index contributed by atoms with van der Waals surface area (Å²) >= 11 is 5.83. The predicted molar refractivity (Wildman–Crippen MR) is 117 cm³/mol. The molecule has 0 fully saturated rings. The Morgan fingerprint density at radius 2 is 1.97 bits per heavy atom. The number of benzene rings is 2. The molecule has 0 aliphatic carbocycles. The van der Waals surface area contributed by atoms with Gasteiger partial charge in [0.2, 0.25) is 5.90 Å². The molecule has 0 amide bonds. The van der Waals surface area contributed by atoms with Gasteiger partial charge >= 0.3 is 5.97 Å². The van der Waals surface area contributed by atoms with Crippen LogP contribution in [0.5, 0.6) is 11.5 Å². The monoisotopic (exact) mass is 444 g/mol. The van der Waals surface area contributed by atoms with E-state index in [0.717, 1.165) is 12.8 Å². The Kier molecular flexibility index (Phi) is 7.25. The van der Waals surface area contributed by atoms with Gasteiger partial charge in [0.25, 0.3) is 5.69 Å². The summed E-state index contributed by atoms with van der Waals surface area (Å²) in [7, 11) is 0. The number of carbonyl (C=O) groups is 1. The van der Waals surface area contributed by atoms with Crippen molar-refractivity contribution in [3.8, 4) is 11.5 Å². The van der Waals surface area contributed by atoms with Gasteiger partial charge in [0, 0.05) is 11.6 Å². The van der Waals surface area contributed by atoms with E-state index in [4.69, 9.17) is 25.8 Å². The van der Waals surface area contributed by atoms with Crippen molar-refractivity contribution in [1.82, 2.24) is 0 Å². The number of halogens is 1. The number of hydrogen-bond donors (Lipinski definition) is 0. The molecule has 0 N–H and O–H groups in total. The van der Waals surface area contributed by atoms with E-state index in [1.165, 1.54) is 18.2 Å². The number of nitro benzene ring substituents is 1. The van der Waals surface area contributed by atoms with Gasteiger partial charge in [-0.15, -0.1) is 0 Å². The summed E-state index contributed by atoms with van der Waals surface area (Å²) in [5, 5.41) is 11.1. The number of nitrogens with zero attached hydrogens (tertiary/aromatic N) is 2. The topological polar surface area (TPSA) is 100 Å². The molecule has 3 rings (SSSR count). The highest BCUT2D eigenvalue weighted by atomic mass is 35.5. The Hall–Kier alpha value is -3.39. The van der Waals surface area contributed by atoms with Crippen LogP contribution in [-0.4, -0.2) is 30.0 Å². The molecule has 9 heteroatoms. The predicted octanol–water partition coefficient (Wildman–Crippen LogP) is 5.17. The molecule has 0 saturated carbocycles. The minimum absolute atomic E-state index is 0.0147. The van der Waals surface area contributed by atoms with Crippen LogP contribution in [0.3, 0.4) is 0 Å². The molecular formula is C22H21ClN2O6. The van der Waals surface area contributed by atoms with Gasteiger partial charge in [-0.2, -0.15) is 0 Å². The van der Waals surface area contributed by atoms with Crippen molar-refractivity contribution >= 4 is 35.2 Å². The molecule has 1 aliphatic heterocycles. The number of carbonyl (C=O) groups excluding carboxylic acids is 1. The van der Waals surface area contributed by atoms with Gasteiger partial charge in [0.1, 0.15) is 5.02 Å². The van der Waals surface area contributed by atoms with E-state index in [-0.39, 0.29) is 27.9 Å². The van der Waals surface area contributed by atoms with Gasteiger partial charge < -0.3 is 14.2 Å². The second-order valence-electron chi connectivity index (χ2n) is 6.60. The average molecular weight is 445 g/mol. The zero-order valence-electron chi connectivity index (χ0n) is 17.1. The summed E-state index contributed by atoms with van der Waals surface area (Å²) in [4.78, 5) is 27.0. The minimum atomic E-state index is -0.658. The lowest BCUT2D eigenvalue weighted by atomic mass is 10.1. The molecule has 0 spiro atoms. The summed E-state index contributed by atoms with van der Waals surface area (Å²) in [6.07, 6.45) is 3.51. The molecule has 0 atom stereocenters. The zero-order valence-corrected chi connectivity index (χ0v) is 17.8. The average Bonchev–Trinajstić information content (AvgIpc) is 3.10. The lowest BCUT2D eigenvalue weighted by Gasteiger charge is -2.12. The van der Waals surface area contributed by atoms with E-state index in [0.29, 0.717) is 30.3 Å². The fourth-order valence-corrected chi connectivity index (χ4v) is 2.99. The standard InChI is InChI=1S/C22H21ClN2O6/c1-3-5-10-30-19-9-6-14(12-20(19)29-4-2)11-17-22(26)31-21(24-17)15-7-8-16(23)18(13-15)25(27)28/h6-9,11-13H,3-5,10H2,1-2H3/b17-11-.